The molecule has 0 bridgehead atoms. The van der Waals surface area contributed by atoms with Crippen LogP contribution in [0.4, 0.5) is 15.9 Å². The number of ether oxygens (including phenoxy) is 6. The van der Waals surface area contributed by atoms with Crippen LogP contribution >= 0.6 is 11.6 Å². The molecule has 0 fully saturated rings. The maximum Gasteiger partial charge on any atom is 0.332 e. The molecule has 10 nitrogen and oxygen atoms in total. The fourth-order valence-corrected chi connectivity index (χ4v) is 5.12. The van der Waals surface area contributed by atoms with Gasteiger partial charge in [0.1, 0.15) is 54.9 Å². The maximum atomic E-state index is 13.5. The number of nitrogens with one attached hydrogen (secondary N) is 1. The van der Waals surface area contributed by atoms with Crippen molar-refractivity contribution < 1.29 is 37.6 Å². The number of hydrogen-bond acceptors (Lipinski definition) is 10. The predicted octanol–water partition coefficient (Wildman–Crippen LogP) is 8.18. The zero-order valence-corrected chi connectivity index (χ0v) is 29.6. The number of fused-ring (bicyclic) bond motifs is 1. The van der Waals surface area contributed by atoms with E-state index in [1.165, 1.54) is 18.5 Å². The Morgan fingerprint density at radius 1 is 0.784 bits per heavy atom. The lowest BCUT2D eigenvalue weighted by molar-refractivity contribution is -0.160. The van der Waals surface area contributed by atoms with Crippen molar-refractivity contribution in [2.75, 3.05) is 51.6 Å². The second-order valence-electron chi connectivity index (χ2n) is 12.4. The Bertz CT molecular complexity index is 1890. The first-order chi connectivity index (χ1) is 24.6. The molecular weight excluding hydrogens is 677 g/mol. The summed E-state index contributed by atoms with van der Waals surface area (Å²) in [6.07, 6.45) is 1.51. The molecule has 51 heavy (non-hydrogen) atoms. The average molecular weight is 718 g/mol. The van der Waals surface area contributed by atoms with Gasteiger partial charge in [-0.15, -0.1) is 0 Å². The summed E-state index contributed by atoms with van der Waals surface area (Å²) in [5.74, 6) is 1.13. The first-order valence-electron chi connectivity index (χ1n) is 16.5. The number of carbonyl (C=O) groups excluding carboxylic acids is 1. The van der Waals surface area contributed by atoms with Crippen LogP contribution in [0, 0.1) is 5.82 Å². The fourth-order valence-electron chi connectivity index (χ4n) is 4.88. The summed E-state index contributed by atoms with van der Waals surface area (Å²) in [6, 6.07) is 25.4. The Labute approximate surface area is 301 Å². The third-order valence-electron chi connectivity index (χ3n) is 7.18. The highest BCUT2D eigenvalue weighted by molar-refractivity contribution is 6.32. The van der Waals surface area contributed by atoms with Crippen LogP contribution in [0.3, 0.4) is 0 Å². The Hall–Kier alpha value is -4.81. The molecule has 0 amide bonds. The van der Waals surface area contributed by atoms with Gasteiger partial charge < -0.3 is 33.7 Å². The van der Waals surface area contributed by atoms with Crippen molar-refractivity contribution in [2.24, 2.45) is 0 Å². The molecule has 268 valence electrons. The number of carbonyl (C=O) groups is 1. The van der Waals surface area contributed by atoms with E-state index in [1.54, 1.807) is 24.3 Å². The molecule has 0 aliphatic carbocycles. The number of benzene rings is 4. The van der Waals surface area contributed by atoms with Gasteiger partial charge in [-0.25, -0.2) is 19.2 Å². The third-order valence-corrected chi connectivity index (χ3v) is 7.48. The van der Waals surface area contributed by atoms with E-state index in [0.29, 0.717) is 61.8 Å². The molecule has 4 aromatic carbocycles. The number of nitrogens with zero attached hydrogens (tertiary/aromatic N) is 2. The van der Waals surface area contributed by atoms with E-state index in [4.69, 9.17) is 40.0 Å². The van der Waals surface area contributed by atoms with Gasteiger partial charge in [0, 0.05) is 11.1 Å². The number of anilines is 2. The summed E-state index contributed by atoms with van der Waals surface area (Å²) in [5, 5.41) is 4.60. The lowest BCUT2D eigenvalue weighted by Crippen LogP contribution is -2.27. The maximum absolute atomic E-state index is 13.5. The molecule has 0 saturated heterocycles. The molecule has 0 atom stereocenters. The summed E-state index contributed by atoms with van der Waals surface area (Å²) in [5.41, 5.74) is 3.69. The molecule has 0 aliphatic heterocycles. The summed E-state index contributed by atoms with van der Waals surface area (Å²) < 4.78 is 46.6. The van der Waals surface area contributed by atoms with E-state index >= 15 is 0 Å². The van der Waals surface area contributed by atoms with Gasteiger partial charge >= 0.3 is 5.97 Å². The van der Waals surface area contributed by atoms with Crippen LogP contribution in [-0.2, 0) is 30.3 Å². The first-order valence-corrected chi connectivity index (χ1v) is 16.9. The molecule has 0 spiro atoms. The second-order valence-corrected chi connectivity index (χ2v) is 12.8. The van der Waals surface area contributed by atoms with Crippen LogP contribution in [0.25, 0.3) is 22.0 Å². The smallest absolute Gasteiger partial charge is 0.332 e. The van der Waals surface area contributed by atoms with Crippen LogP contribution in [-0.4, -0.2) is 67.8 Å². The monoisotopic (exact) mass is 717 g/mol. The molecule has 12 heteroatoms. The number of rotatable bonds is 18. The van der Waals surface area contributed by atoms with E-state index in [0.717, 1.165) is 33.5 Å². The summed E-state index contributed by atoms with van der Waals surface area (Å²) in [4.78, 5) is 20.5. The molecule has 1 heterocycles. The summed E-state index contributed by atoms with van der Waals surface area (Å²) in [6.45, 7) is 7.82. The van der Waals surface area contributed by atoms with Gasteiger partial charge in [-0.3, -0.25) is 0 Å². The van der Waals surface area contributed by atoms with Crippen LogP contribution < -0.4 is 14.8 Å². The average Bonchev–Trinajstić information content (AvgIpc) is 3.10. The fraction of sp³-hybridized carbons (Fsp3) is 0.308. The van der Waals surface area contributed by atoms with E-state index in [-0.39, 0.29) is 19.0 Å². The van der Waals surface area contributed by atoms with E-state index in [2.05, 4.69) is 15.3 Å². The number of halogens is 2. The van der Waals surface area contributed by atoms with E-state index in [9.17, 15) is 9.18 Å². The third kappa shape index (κ3) is 12.2. The largest absolute Gasteiger partial charge is 0.491 e. The molecule has 1 N–H and O–H groups in total. The van der Waals surface area contributed by atoms with E-state index < -0.39 is 11.6 Å². The quantitative estimate of drug-likeness (QED) is 0.0704. The van der Waals surface area contributed by atoms with Crippen molar-refractivity contribution in [3.8, 4) is 22.6 Å². The van der Waals surface area contributed by atoms with Crippen LogP contribution in [0.1, 0.15) is 26.3 Å². The van der Waals surface area contributed by atoms with Gasteiger partial charge in [-0.05, 0) is 92.1 Å². The van der Waals surface area contributed by atoms with Gasteiger partial charge in [0.25, 0.3) is 0 Å². The Balaban J connectivity index is 1.06. The van der Waals surface area contributed by atoms with Crippen molar-refractivity contribution in [2.45, 2.75) is 33.0 Å². The molecule has 0 radical (unpaired) electrons. The van der Waals surface area contributed by atoms with Crippen LogP contribution in [0.2, 0.25) is 5.02 Å². The Kier molecular flexibility index (Phi) is 13.5. The number of esters is 1. The number of aromatic nitrogens is 2. The summed E-state index contributed by atoms with van der Waals surface area (Å²) >= 11 is 6.52. The zero-order chi connectivity index (χ0) is 36.1. The molecule has 0 saturated carbocycles. The minimum absolute atomic E-state index is 0.100. The van der Waals surface area contributed by atoms with Gasteiger partial charge in [0.15, 0.2) is 0 Å². The molecule has 5 rings (SSSR count). The molecular formula is C39H41ClFN3O7. The van der Waals surface area contributed by atoms with Crippen LogP contribution in [0.5, 0.6) is 11.5 Å². The lowest BCUT2D eigenvalue weighted by atomic mass is 10.0. The van der Waals surface area contributed by atoms with Crippen LogP contribution in [0.15, 0.2) is 91.3 Å². The number of hydrogen-bond donors (Lipinski definition) is 1. The van der Waals surface area contributed by atoms with Gasteiger partial charge in [-0.2, -0.15) is 0 Å². The molecule has 0 unspecified atom stereocenters. The minimum Gasteiger partial charge on any atom is -0.491 e. The highest BCUT2D eigenvalue weighted by Crippen LogP contribution is 2.33. The predicted molar refractivity (Wildman–Crippen MR) is 194 cm³/mol. The summed E-state index contributed by atoms with van der Waals surface area (Å²) in [7, 11) is 0. The van der Waals surface area contributed by atoms with Gasteiger partial charge in [0.2, 0.25) is 0 Å². The second kappa shape index (κ2) is 18.4. The first kappa shape index (κ1) is 37.4. The van der Waals surface area contributed by atoms with Crippen molar-refractivity contribution in [1.29, 1.82) is 0 Å². The standard InChI is InChI=1S/C39H41ClFN3O7/c1-39(2,3)51-37(45)25-48-18-17-46-15-16-47-19-20-49-32-11-7-28(8-12-32)29-9-13-35-33(22-29)38(43-26-42-35)44-31-10-14-36(34(40)23-31)50-24-27-5-4-6-30(41)21-27/h4-14,21-23,26H,15-20,24-25H2,1-3H3,(H,42,43,44). The van der Waals surface area contributed by atoms with Crippen molar-refractivity contribution in [3.63, 3.8) is 0 Å². The van der Waals surface area contributed by atoms with Gasteiger partial charge in [0.05, 0.1) is 43.6 Å². The van der Waals surface area contributed by atoms with E-state index in [1.807, 2.05) is 69.3 Å². The topological polar surface area (TPSA) is 110 Å². The Morgan fingerprint density at radius 2 is 1.51 bits per heavy atom. The van der Waals surface area contributed by atoms with Crippen molar-refractivity contribution >= 4 is 40.0 Å². The molecule has 0 aliphatic rings. The van der Waals surface area contributed by atoms with Crippen molar-refractivity contribution in [1.82, 2.24) is 9.97 Å². The van der Waals surface area contributed by atoms with Gasteiger partial charge in [-0.1, -0.05) is 41.9 Å². The van der Waals surface area contributed by atoms with Crippen molar-refractivity contribution in [3.05, 3.63) is 108 Å². The SMILES string of the molecule is CC(C)(C)OC(=O)COCCOCCOCCOc1ccc(-c2ccc3ncnc(Nc4ccc(OCc5cccc(F)c5)c(Cl)c4)c3c2)cc1. The molecule has 5 aromatic rings. The zero-order valence-electron chi connectivity index (χ0n) is 28.8. The highest BCUT2D eigenvalue weighted by atomic mass is 35.5. The lowest BCUT2D eigenvalue weighted by Gasteiger charge is -2.19. The molecule has 1 aromatic heterocycles. The highest BCUT2D eigenvalue weighted by Gasteiger charge is 2.16. The minimum atomic E-state index is -0.529. The Morgan fingerprint density at radius 3 is 2.24 bits per heavy atom. The normalized spacial score (nSPS) is 11.4.